The number of carbonyl (C=O) groups is 1. The number of hydrogen-bond donors (Lipinski definition) is 2. The summed E-state index contributed by atoms with van der Waals surface area (Å²) >= 11 is 1.74. The molecule has 0 aromatic carbocycles. The van der Waals surface area contributed by atoms with E-state index in [1.807, 2.05) is 6.26 Å². The first kappa shape index (κ1) is 13.2. The van der Waals surface area contributed by atoms with Crippen molar-refractivity contribution in [1.29, 1.82) is 0 Å². The van der Waals surface area contributed by atoms with Gasteiger partial charge in [0.25, 0.3) is 0 Å². The predicted octanol–water partition coefficient (Wildman–Crippen LogP) is 0.277. The average molecular weight is 257 g/mol. The van der Waals surface area contributed by atoms with Crippen molar-refractivity contribution in [3.8, 4) is 0 Å². The Morgan fingerprint density at radius 3 is 2.76 bits per heavy atom. The minimum Gasteiger partial charge on any atom is -0.350 e. The van der Waals surface area contributed by atoms with Crippen LogP contribution in [-0.2, 0) is 4.79 Å². The van der Waals surface area contributed by atoms with Gasteiger partial charge in [-0.1, -0.05) is 0 Å². The SMILES string of the molecule is CSCC[C@H](N)C(=O)NC1CN2CCC1CC2. The molecule has 0 aliphatic carbocycles. The van der Waals surface area contributed by atoms with Gasteiger partial charge in [-0.05, 0) is 50.3 Å². The monoisotopic (exact) mass is 257 g/mol. The first-order valence-electron chi connectivity index (χ1n) is 6.48. The summed E-state index contributed by atoms with van der Waals surface area (Å²) < 4.78 is 0. The molecule has 3 rings (SSSR count). The lowest BCUT2D eigenvalue weighted by atomic mass is 9.84. The number of thioether (sulfide) groups is 1. The second kappa shape index (κ2) is 6.07. The molecule has 4 nitrogen and oxygen atoms in total. The van der Waals surface area contributed by atoms with Crippen LogP contribution in [0.3, 0.4) is 0 Å². The molecule has 98 valence electrons. The van der Waals surface area contributed by atoms with Crippen molar-refractivity contribution in [2.45, 2.75) is 31.3 Å². The van der Waals surface area contributed by atoms with Crippen LogP contribution in [0.15, 0.2) is 0 Å². The Hall–Kier alpha value is -0.260. The lowest BCUT2D eigenvalue weighted by molar-refractivity contribution is -0.124. The molecule has 3 N–H and O–H groups in total. The van der Waals surface area contributed by atoms with Gasteiger partial charge in [0.1, 0.15) is 0 Å². The molecular formula is C12H23N3OS. The van der Waals surface area contributed by atoms with E-state index < -0.39 is 0 Å². The Bertz CT molecular complexity index is 266. The van der Waals surface area contributed by atoms with Gasteiger partial charge in [-0.2, -0.15) is 11.8 Å². The summed E-state index contributed by atoms with van der Waals surface area (Å²) in [7, 11) is 0. The van der Waals surface area contributed by atoms with Crippen molar-refractivity contribution >= 4 is 17.7 Å². The number of rotatable bonds is 5. The van der Waals surface area contributed by atoms with E-state index in [4.69, 9.17) is 5.73 Å². The lowest BCUT2D eigenvalue weighted by Gasteiger charge is -2.45. The maximum atomic E-state index is 11.9. The molecule has 17 heavy (non-hydrogen) atoms. The van der Waals surface area contributed by atoms with Crippen LogP contribution in [0.1, 0.15) is 19.3 Å². The molecule has 0 radical (unpaired) electrons. The summed E-state index contributed by atoms with van der Waals surface area (Å²) in [5, 5.41) is 3.14. The van der Waals surface area contributed by atoms with Crippen molar-refractivity contribution in [2.75, 3.05) is 31.6 Å². The molecule has 2 atom stereocenters. The van der Waals surface area contributed by atoms with Gasteiger partial charge in [-0.15, -0.1) is 0 Å². The molecule has 3 aliphatic rings. The van der Waals surface area contributed by atoms with E-state index >= 15 is 0 Å². The van der Waals surface area contributed by atoms with Gasteiger partial charge in [0.05, 0.1) is 6.04 Å². The first-order valence-corrected chi connectivity index (χ1v) is 7.87. The zero-order valence-electron chi connectivity index (χ0n) is 10.5. The molecule has 1 amide bonds. The highest BCUT2D eigenvalue weighted by molar-refractivity contribution is 7.98. The Kier molecular flexibility index (Phi) is 4.70. The molecule has 3 heterocycles. The van der Waals surface area contributed by atoms with Gasteiger partial charge in [-0.3, -0.25) is 4.79 Å². The average Bonchev–Trinajstić information content (AvgIpc) is 2.37. The number of piperidine rings is 3. The highest BCUT2D eigenvalue weighted by atomic mass is 32.2. The van der Waals surface area contributed by atoms with Crippen molar-refractivity contribution in [3.63, 3.8) is 0 Å². The Balaban J connectivity index is 1.78. The molecule has 3 aliphatic heterocycles. The van der Waals surface area contributed by atoms with Crippen LogP contribution in [0, 0.1) is 5.92 Å². The van der Waals surface area contributed by atoms with Gasteiger partial charge in [0.2, 0.25) is 5.91 Å². The quantitative estimate of drug-likeness (QED) is 0.743. The standard InChI is InChI=1S/C12H23N3OS/c1-17-7-4-10(13)12(16)14-11-8-15-5-2-9(11)3-6-15/h9-11H,2-8,13H2,1H3,(H,14,16)/t10-,11?/m0/s1. The summed E-state index contributed by atoms with van der Waals surface area (Å²) in [6, 6.07) is 0.00299. The van der Waals surface area contributed by atoms with Crippen LogP contribution in [0.2, 0.25) is 0 Å². The third-order valence-corrected chi connectivity index (χ3v) is 4.60. The lowest BCUT2D eigenvalue weighted by Crippen LogP contribution is -2.59. The van der Waals surface area contributed by atoms with Crippen LogP contribution >= 0.6 is 11.8 Å². The summed E-state index contributed by atoms with van der Waals surface area (Å²) in [4.78, 5) is 14.4. The molecule has 0 aromatic rings. The van der Waals surface area contributed by atoms with Gasteiger partial charge in [0.15, 0.2) is 0 Å². The van der Waals surface area contributed by atoms with Crippen LogP contribution in [0.4, 0.5) is 0 Å². The van der Waals surface area contributed by atoms with E-state index in [0.29, 0.717) is 12.0 Å². The zero-order valence-corrected chi connectivity index (χ0v) is 11.3. The number of carbonyl (C=O) groups excluding carboxylic acids is 1. The van der Waals surface area contributed by atoms with E-state index in [9.17, 15) is 4.79 Å². The molecular weight excluding hydrogens is 234 g/mol. The van der Waals surface area contributed by atoms with Gasteiger partial charge < -0.3 is 16.0 Å². The maximum absolute atomic E-state index is 11.9. The first-order chi connectivity index (χ1) is 8.20. The van der Waals surface area contributed by atoms with E-state index in [2.05, 4.69) is 10.2 Å². The van der Waals surface area contributed by atoms with Crippen molar-refractivity contribution < 1.29 is 4.79 Å². The number of amides is 1. The van der Waals surface area contributed by atoms with Crippen molar-refractivity contribution in [1.82, 2.24) is 10.2 Å². The third kappa shape index (κ3) is 3.36. The van der Waals surface area contributed by atoms with Crippen LogP contribution < -0.4 is 11.1 Å². The van der Waals surface area contributed by atoms with E-state index in [0.717, 1.165) is 18.7 Å². The Morgan fingerprint density at radius 2 is 2.24 bits per heavy atom. The molecule has 3 fully saturated rings. The summed E-state index contributed by atoms with van der Waals surface area (Å²) in [6.45, 7) is 3.43. The van der Waals surface area contributed by atoms with Gasteiger partial charge in [-0.25, -0.2) is 0 Å². The fourth-order valence-corrected chi connectivity index (χ4v) is 3.28. The number of nitrogens with two attached hydrogens (primary N) is 1. The largest absolute Gasteiger partial charge is 0.350 e. The molecule has 1 unspecified atom stereocenters. The Labute approximate surface area is 108 Å². The minimum absolute atomic E-state index is 0.0396. The number of nitrogens with zero attached hydrogens (tertiary/aromatic N) is 1. The van der Waals surface area contributed by atoms with E-state index in [1.54, 1.807) is 11.8 Å². The molecule has 3 saturated heterocycles. The molecule has 2 bridgehead atoms. The second-order valence-electron chi connectivity index (χ2n) is 5.14. The smallest absolute Gasteiger partial charge is 0.237 e. The number of hydrogen-bond acceptors (Lipinski definition) is 4. The Morgan fingerprint density at radius 1 is 1.53 bits per heavy atom. The van der Waals surface area contributed by atoms with Crippen LogP contribution in [-0.4, -0.2) is 54.5 Å². The topological polar surface area (TPSA) is 58.4 Å². The molecule has 0 aromatic heterocycles. The molecule has 0 spiro atoms. The van der Waals surface area contributed by atoms with Crippen molar-refractivity contribution in [2.24, 2.45) is 11.7 Å². The normalized spacial score (nSPS) is 33.4. The van der Waals surface area contributed by atoms with E-state index in [-0.39, 0.29) is 11.9 Å². The van der Waals surface area contributed by atoms with Crippen LogP contribution in [0.25, 0.3) is 0 Å². The van der Waals surface area contributed by atoms with Crippen molar-refractivity contribution in [3.05, 3.63) is 0 Å². The van der Waals surface area contributed by atoms with Crippen LogP contribution in [0.5, 0.6) is 0 Å². The highest BCUT2D eigenvalue weighted by Crippen LogP contribution is 2.27. The minimum atomic E-state index is -0.335. The summed E-state index contributed by atoms with van der Waals surface area (Å²) in [5.74, 6) is 1.67. The number of nitrogens with one attached hydrogen (secondary N) is 1. The molecule has 0 saturated carbocycles. The fourth-order valence-electron chi connectivity index (χ4n) is 2.79. The highest BCUT2D eigenvalue weighted by Gasteiger charge is 2.35. The third-order valence-electron chi connectivity index (χ3n) is 3.95. The van der Waals surface area contributed by atoms with Gasteiger partial charge >= 0.3 is 0 Å². The maximum Gasteiger partial charge on any atom is 0.237 e. The zero-order chi connectivity index (χ0) is 12.3. The summed E-state index contributed by atoms with van der Waals surface area (Å²) in [6.07, 6.45) is 5.27. The number of fused-ring (bicyclic) bond motifs is 3. The predicted molar refractivity (Wildman–Crippen MR) is 72.1 cm³/mol. The molecule has 5 heteroatoms. The second-order valence-corrected chi connectivity index (χ2v) is 6.13. The summed E-state index contributed by atoms with van der Waals surface area (Å²) in [5.41, 5.74) is 5.88. The fraction of sp³-hybridized carbons (Fsp3) is 0.917. The van der Waals surface area contributed by atoms with E-state index in [1.165, 1.54) is 25.9 Å². The van der Waals surface area contributed by atoms with Gasteiger partial charge in [0, 0.05) is 12.6 Å².